The molecule has 12 heteroatoms. The van der Waals surface area contributed by atoms with E-state index in [1.165, 1.54) is 36.5 Å². The smallest absolute Gasteiger partial charge is 0.375 e. The molecule has 2 atom stereocenters. The van der Waals surface area contributed by atoms with Gasteiger partial charge in [-0.25, -0.2) is 23.1 Å². The molecule has 0 aliphatic carbocycles. The highest BCUT2D eigenvalue weighted by atomic mass is 31.0. The fourth-order valence-electron chi connectivity index (χ4n) is 4.41. The van der Waals surface area contributed by atoms with Crippen molar-refractivity contribution in [2.45, 2.75) is 50.6 Å². The topological polar surface area (TPSA) is 53.4 Å². The summed E-state index contributed by atoms with van der Waals surface area (Å²) in [6, 6.07) is 3.72. The number of alkyl halides is 4. The second kappa shape index (κ2) is 13.0. The minimum atomic E-state index is -4.68. The lowest BCUT2D eigenvalue weighted by Crippen LogP contribution is -2.34. The van der Waals surface area contributed by atoms with Crippen molar-refractivity contribution in [3.8, 4) is 0 Å². The molecule has 0 amide bonds. The Kier molecular flexibility index (Phi) is 10.2. The molecule has 1 aromatic carbocycles. The first kappa shape index (κ1) is 31.3. The average molecular weight is 584 g/mol. The van der Waals surface area contributed by atoms with E-state index in [1.54, 1.807) is 13.8 Å². The van der Waals surface area contributed by atoms with Gasteiger partial charge in [0.05, 0.1) is 12.2 Å². The van der Waals surface area contributed by atoms with Crippen molar-refractivity contribution in [1.82, 2.24) is 20.2 Å². The van der Waals surface area contributed by atoms with Gasteiger partial charge in [0.1, 0.15) is 29.0 Å². The molecule has 2 unspecified atom stereocenters. The number of nitrogens with zero attached hydrogens (tertiary/aromatic N) is 4. The van der Waals surface area contributed by atoms with Crippen LogP contribution in [0, 0.1) is 18.6 Å². The predicted molar refractivity (Wildman–Crippen MR) is 147 cm³/mol. The van der Waals surface area contributed by atoms with Crippen LogP contribution in [-0.2, 0) is 11.8 Å². The number of amidine groups is 1. The van der Waals surface area contributed by atoms with Gasteiger partial charge in [-0.15, -0.1) is 0 Å². The molecule has 1 N–H and O–H groups in total. The van der Waals surface area contributed by atoms with Crippen LogP contribution in [-0.4, -0.2) is 46.5 Å². The number of hydrogen-bond donors (Lipinski definition) is 1. The van der Waals surface area contributed by atoms with Crippen LogP contribution in [0.15, 0.2) is 66.1 Å². The number of aliphatic imine (C=N–C) groups is 1. The third-order valence-electron chi connectivity index (χ3n) is 6.58. The van der Waals surface area contributed by atoms with E-state index >= 15 is 4.39 Å². The zero-order valence-corrected chi connectivity index (χ0v) is 23.5. The molecule has 1 aromatic heterocycles. The van der Waals surface area contributed by atoms with Gasteiger partial charge in [-0.2, -0.15) is 13.2 Å². The number of allylic oxidation sites excluding steroid dienone is 3. The Morgan fingerprint density at radius 1 is 1.18 bits per heavy atom. The Morgan fingerprint density at radius 3 is 2.38 bits per heavy atom. The molecule has 0 spiro atoms. The molecule has 0 radical (unpaired) electrons. The van der Waals surface area contributed by atoms with Crippen molar-refractivity contribution < 1.29 is 26.3 Å². The van der Waals surface area contributed by atoms with E-state index in [0.717, 1.165) is 0 Å². The maximum absolute atomic E-state index is 16.0. The summed E-state index contributed by atoms with van der Waals surface area (Å²) < 4.78 is 83.0. The van der Waals surface area contributed by atoms with Crippen LogP contribution in [0.1, 0.15) is 48.3 Å². The summed E-state index contributed by atoms with van der Waals surface area (Å²) >= 11 is 0. The Bertz CT molecular complexity index is 1280. The van der Waals surface area contributed by atoms with Gasteiger partial charge >= 0.3 is 6.18 Å². The minimum absolute atomic E-state index is 0.0293. The van der Waals surface area contributed by atoms with Gasteiger partial charge in [-0.3, -0.25) is 4.99 Å². The average Bonchev–Trinajstić information content (AvgIpc) is 2.89. The van der Waals surface area contributed by atoms with Crippen LogP contribution in [0.2, 0.25) is 0 Å². The van der Waals surface area contributed by atoms with E-state index in [0.29, 0.717) is 43.1 Å². The zero-order valence-electron chi connectivity index (χ0n) is 22.3. The van der Waals surface area contributed by atoms with Gasteiger partial charge in [0, 0.05) is 48.4 Å². The van der Waals surface area contributed by atoms with E-state index in [4.69, 9.17) is 0 Å². The number of rotatable bonds is 9. The Morgan fingerprint density at radius 2 is 1.80 bits per heavy atom. The molecule has 1 fully saturated rings. The number of aromatic nitrogens is 2. The molecule has 216 valence electrons. The van der Waals surface area contributed by atoms with Crippen LogP contribution in [0.25, 0.3) is 0 Å². The molecular formula is C28H32F6N5P. The quantitative estimate of drug-likeness (QED) is 0.156. The standard InChI is InChI=1S/C28H32F6N5P/c1-5-7-25(37-18(3)28(32,33)34)36-16-27(31,40)22-15-35-19(4)38-26(22)20-10-12-39(13-11-20)17(2)14-21-23(29)8-6-9-24(21)30/h5-9,15,20H,2-3,10-14,16,40H2,1,4H3,(H,36,37)/b7-5-. The first-order valence-electron chi connectivity index (χ1n) is 12.6. The lowest BCUT2D eigenvalue weighted by molar-refractivity contribution is -0.0944. The summed E-state index contributed by atoms with van der Waals surface area (Å²) in [6.07, 6.45) is 0.635. The van der Waals surface area contributed by atoms with Crippen molar-refractivity contribution >= 4 is 15.1 Å². The van der Waals surface area contributed by atoms with Gasteiger partial charge in [-0.05, 0) is 44.9 Å². The Labute approximate surface area is 232 Å². The van der Waals surface area contributed by atoms with Gasteiger partial charge < -0.3 is 10.2 Å². The van der Waals surface area contributed by atoms with E-state index in [2.05, 4.69) is 42.7 Å². The first-order valence-corrected chi connectivity index (χ1v) is 13.2. The van der Waals surface area contributed by atoms with E-state index in [-0.39, 0.29) is 29.3 Å². The zero-order chi connectivity index (χ0) is 29.7. The SMILES string of the molecule is C=C(Cc1c(F)cccc1F)N1CCC(c2nc(C)ncc2C(F)(P)CN=C(/C=C\C)NC(=C)C(F)(F)F)CC1. The summed E-state index contributed by atoms with van der Waals surface area (Å²) in [7, 11) is 2.08. The lowest BCUT2D eigenvalue weighted by Gasteiger charge is -2.36. The summed E-state index contributed by atoms with van der Waals surface area (Å²) in [5.41, 5.74) is -0.0215. The van der Waals surface area contributed by atoms with Gasteiger partial charge in [0.25, 0.3) is 0 Å². The molecule has 2 aromatic rings. The van der Waals surface area contributed by atoms with Crippen LogP contribution in [0.5, 0.6) is 0 Å². The first-order chi connectivity index (χ1) is 18.7. The number of nitrogens with one attached hydrogen (secondary N) is 1. The van der Waals surface area contributed by atoms with Gasteiger partial charge in [-0.1, -0.05) is 34.5 Å². The van der Waals surface area contributed by atoms with Gasteiger partial charge in [0.15, 0.2) is 5.41 Å². The molecular weight excluding hydrogens is 551 g/mol. The van der Waals surface area contributed by atoms with Crippen molar-refractivity contribution in [2.24, 2.45) is 4.99 Å². The van der Waals surface area contributed by atoms with E-state index < -0.39 is 35.5 Å². The van der Waals surface area contributed by atoms with E-state index in [1.807, 2.05) is 4.90 Å². The van der Waals surface area contributed by atoms with Crippen LogP contribution >= 0.6 is 9.24 Å². The largest absolute Gasteiger partial charge is 0.430 e. The Hall–Kier alpha value is -3.20. The van der Waals surface area contributed by atoms with E-state index in [9.17, 15) is 22.0 Å². The molecule has 1 aliphatic rings. The predicted octanol–water partition coefficient (Wildman–Crippen LogP) is 6.64. The fourth-order valence-corrected chi connectivity index (χ4v) is 4.72. The molecule has 3 rings (SSSR count). The molecule has 1 aliphatic heterocycles. The van der Waals surface area contributed by atoms with Crippen LogP contribution < -0.4 is 5.32 Å². The lowest BCUT2D eigenvalue weighted by atomic mass is 9.89. The summed E-state index contributed by atoms with van der Waals surface area (Å²) in [6.45, 7) is 10.8. The maximum atomic E-state index is 16.0. The molecule has 2 heterocycles. The normalized spacial score (nSPS) is 16.7. The number of aryl methyl sites for hydroxylation is 1. The highest BCUT2D eigenvalue weighted by Crippen LogP contribution is 2.40. The number of benzene rings is 1. The highest BCUT2D eigenvalue weighted by molar-refractivity contribution is 7.18. The molecule has 40 heavy (non-hydrogen) atoms. The fraction of sp³-hybridized carbons (Fsp3) is 0.393. The summed E-state index contributed by atoms with van der Waals surface area (Å²) in [5, 5.41) is -0.0820. The second-order valence-corrected chi connectivity index (χ2v) is 10.5. The third-order valence-corrected chi connectivity index (χ3v) is 7.08. The monoisotopic (exact) mass is 583 g/mol. The molecule has 0 bridgehead atoms. The highest BCUT2D eigenvalue weighted by Gasteiger charge is 2.35. The van der Waals surface area contributed by atoms with Gasteiger partial charge in [0.2, 0.25) is 0 Å². The number of likely N-dealkylation sites (tertiary alicyclic amines) is 1. The van der Waals surface area contributed by atoms with Crippen molar-refractivity contribution in [3.05, 3.63) is 95.4 Å². The van der Waals surface area contributed by atoms with Crippen LogP contribution in [0.4, 0.5) is 26.3 Å². The summed E-state index contributed by atoms with van der Waals surface area (Å²) in [4.78, 5) is 14.7. The van der Waals surface area contributed by atoms with Crippen molar-refractivity contribution in [1.29, 1.82) is 0 Å². The van der Waals surface area contributed by atoms with Crippen molar-refractivity contribution in [3.63, 3.8) is 0 Å². The molecule has 5 nitrogen and oxygen atoms in total. The Balaban J connectivity index is 1.75. The second-order valence-electron chi connectivity index (χ2n) is 9.59. The number of hydrogen-bond acceptors (Lipinski definition) is 4. The maximum Gasteiger partial charge on any atom is 0.430 e. The molecule has 1 saturated heterocycles. The van der Waals surface area contributed by atoms with Crippen molar-refractivity contribution in [2.75, 3.05) is 19.6 Å². The third kappa shape index (κ3) is 7.93. The van der Waals surface area contributed by atoms with Crippen LogP contribution in [0.3, 0.4) is 0 Å². The number of piperidine rings is 1. The number of halogens is 6. The molecule has 0 saturated carbocycles. The summed E-state index contributed by atoms with van der Waals surface area (Å²) in [5.74, 6) is -1.15. The minimum Gasteiger partial charge on any atom is -0.375 e.